The van der Waals surface area contributed by atoms with Gasteiger partial charge in [-0.1, -0.05) is 60.7 Å². The molecule has 6 heteroatoms. The van der Waals surface area contributed by atoms with Crippen LogP contribution in [-0.4, -0.2) is 21.7 Å². The van der Waals surface area contributed by atoms with Gasteiger partial charge in [-0.3, -0.25) is 5.10 Å². The fourth-order valence-corrected chi connectivity index (χ4v) is 3.32. The zero-order valence-electron chi connectivity index (χ0n) is 16.4. The molecule has 0 bridgehead atoms. The number of H-pyrrole nitrogens is 1. The molecular weight excluding hydrogens is 374 g/mol. The summed E-state index contributed by atoms with van der Waals surface area (Å²) >= 11 is 0. The van der Waals surface area contributed by atoms with E-state index in [0.29, 0.717) is 5.82 Å². The number of methoxy groups -OCH3 is 1. The lowest BCUT2D eigenvalue weighted by Crippen LogP contribution is -1.85. The Labute approximate surface area is 173 Å². The number of imidazole rings is 1. The first-order chi connectivity index (χ1) is 14.8. The molecule has 6 nitrogen and oxygen atoms in total. The molecule has 1 N–H and O–H groups in total. The number of aromatic nitrogens is 3. The number of nitrogens with one attached hydrogen (secondary N) is 1. The summed E-state index contributed by atoms with van der Waals surface area (Å²) in [5, 5.41) is 12.4. The molecule has 0 saturated heterocycles. The van der Waals surface area contributed by atoms with Gasteiger partial charge in [-0.25, -0.2) is 9.50 Å². The third kappa shape index (κ3) is 3.35. The topological polar surface area (TPSA) is 67.0 Å². The molecule has 30 heavy (non-hydrogen) atoms. The van der Waals surface area contributed by atoms with Crippen molar-refractivity contribution in [2.45, 2.75) is 0 Å². The third-order valence-corrected chi connectivity index (χ3v) is 4.85. The standard InChI is InChI=1S/C24H19N5O/c1-30-20-14-12-19(13-15-20)26-27-24-23(18-10-6-3-7-11-18)25-22-16-21(28-29(22)24)17-8-4-2-5-9-17/h2-16,28H,1H3. The fraction of sp³-hybridized carbons (Fsp3) is 0.0417. The number of hydrogen-bond donors (Lipinski definition) is 1. The predicted molar refractivity (Wildman–Crippen MR) is 118 cm³/mol. The number of nitrogens with zero attached hydrogens (tertiary/aromatic N) is 4. The molecule has 0 atom stereocenters. The van der Waals surface area contributed by atoms with E-state index in [1.807, 2.05) is 83.4 Å². The van der Waals surface area contributed by atoms with Crippen LogP contribution in [0.15, 0.2) is 101 Å². The van der Waals surface area contributed by atoms with E-state index in [4.69, 9.17) is 9.72 Å². The Bertz CT molecular complexity index is 1300. The smallest absolute Gasteiger partial charge is 0.202 e. The second kappa shape index (κ2) is 7.67. The highest BCUT2D eigenvalue weighted by atomic mass is 16.5. The van der Waals surface area contributed by atoms with Crippen molar-refractivity contribution in [1.82, 2.24) is 14.6 Å². The highest BCUT2D eigenvalue weighted by Crippen LogP contribution is 2.33. The maximum Gasteiger partial charge on any atom is 0.202 e. The summed E-state index contributed by atoms with van der Waals surface area (Å²) in [6.45, 7) is 0. The first-order valence-electron chi connectivity index (χ1n) is 9.60. The van der Waals surface area contributed by atoms with Crippen LogP contribution in [-0.2, 0) is 0 Å². The van der Waals surface area contributed by atoms with E-state index in [2.05, 4.69) is 27.5 Å². The van der Waals surface area contributed by atoms with Gasteiger partial charge in [0.2, 0.25) is 5.82 Å². The van der Waals surface area contributed by atoms with Crippen molar-refractivity contribution in [1.29, 1.82) is 0 Å². The van der Waals surface area contributed by atoms with Gasteiger partial charge in [0.15, 0.2) is 5.65 Å². The maximum absolute atomic E-state index is 5.21. The second-order valence-electron chi connectivity index (χ2n) is 6.78. The molecule has 0 aliphatic carbocycles. The van der Waals surface area contributed by atoms with Crippen LogP contribution in [0.4, 0.5) is 11.5 Å². The third-order valence-electron chi connectivity index (χ3n) is 4.85. The van der Waals surface area contributed by atoms with Crippen molar-refractivity contribution >= 4 is 17.2 Å². The van der Waals surface area contributed by atoms with Gasteiger partial charge in [0.1, 0.15) is 11.4 Å². The highest BCUT2D eigenvalue weighted by Gasteiger charge is 2.16. The number of benzene rings is 3. The van der Waals surface area contributed by atoms with E-state index in [0.717, 1.165) is 39.6 Å². The van der Waals surface area contributed by atoms with Gasteiger partial charge >= 0.3 is 0 Å². The van der Waals surface area contributed by atoms with Crippen LogP contribution in [0.1, 0.15) is 0 Å². The zero-order valence-corrected chi connectivity index (χ0v) is 16.4. The molecule has 0 amide bonds. The summed E-state index contributed by atoms with van der Waals surface area (Å²) in [6, 6.07) is 29.6. The van der Waals surface area contributed by atoms with E-state index in [9.17, 15) is 0 Å². The monoisotopic (exact) mass is 393 g/mol. The SMILES string of the molecule is COc1ccc(N=Nc2c(-c3ccccc3)nc3cc(-c4ccccc4)[nH]n23)cc1. The summed E-state index contributed by atoms with van der Waals surface area (Å²) < 4.78 is 7.08. The molecule has 0 unspecified atom stereocenters. The van der Waals surface area contributed by atoms with E-state index >= 15 is 0 Å². The summed E-state index contributed by atoms with van der Waals surface area (Å²) in [6.07, 6.45) is 0. The molecule has 5 aromatic rings. The maximum atomic E-state index is 5.21. The van der Waals surface area contributed by atoms with Gasteiger partial charge in [0.25, 0.3) is 0 Å². The van der Waals surface area contributed by atoms with E-state index in [1.165, 1.54) is 0 Å². The van der Waals surface area contributed by atoms with Gasteiger partial charge in [-0.2, -0.15) is 0 Å². The van der Waals surface area contributed by atoms with Crippen LogP contribution in [0.25, 0.3) is 28.2 Å². The number of rotatable bonds is 5. The first-order valence-corrected chi connectivity index (χ1v) is 9.60. The zero-order chi connectivity index (χ0) is 20.3. The molecule has 3 aromatic carbocycles. The number of ether oxygens (including phenoxy) is 1. The molecular formula is C24H19N5O. The molecule has 0 aliphatic heterocycles. The molecule has 146 valence electrons. The van der Waals surface area contributed by atoms with Crippen LogP contribution in [0, 0.1) is 0 Å². The van der Waals surface area contributed by atoms with Crippen LogP contribution in [0.5, 0.6) is 5.75 Å². The average molecular weight is 393 g/mol. The minimum Gasteiger partial charge on any atom is -0.497 e. The second-order valence-corrected chi connectivity index (χ2v) is 6.78. The minimum absolute atomic E-state index is 0.647. The van der Waals surface area contributed by atoms with Crippen molar-refractivity contribution < 1.29 is 4.74 Å². The van der Waals surface area contributed by atoms with Crippen molar-refractivity contribution in [3.8, 4) is 28.3 Å². The lowest BCUT2D eigenvalue weighted by Gasteiger charge is -2.01. The van der Waals surface area contributed by atoms with Crippen molar-refractivity contribution in [3.05, 3.63) is 91.0 Å². The molecule has 5 rings (SSSR count). The van der Waals surface area contributed by atoms with Gasteiger partial charge < -0.3 is 4.74 Å². The van der Waals surface area contributed by atoms with Crippen molar-refractivity contribution in [3.63, 3.8) is 0 Å². The summed E-state index contributed by atoms with van der Waals surface area (Å²) in [7, 11) is 1.64. The fourth-order valence-electron chi connectivity index (χ4n) is 3.32. The Kier molecular flexibility index (Phi) is 4.57. The van der Waals surface area contributed by atoms with Crippen LogP contribution >= 0.6 is 0 Å². The average Bonchev–Trinajstić information content (AvgIpc) is 3.38. The molecule has 2 heterocycles. The Hall–Kier alpha value is -4.19. The van der Waals surface area contributed by atoms with E-state index < -0.39 is 0 Å². The van der Waals surface area contributed by atoms with Crippen molar-refractivity contribution in [2.75, 3.05) is 7.11 Å². The number of hydrogen-bond acceptors (Lipinski definition) is 4. The van der Waals surface area contributed by atoms with E-state index in [1.54, 1.807) is 7.11 Å². The summed E-state index contributed by atoms with van der Waals surface area (Å²) in [5.41, 5.74) is 5.34. The Morgan fingerprint density at radius 3 is 2.13 bits per heavy atom. The highest BCUT2D eigenvalue weighted by molar-refractivity contribution is 5.76. The summed E-state index contributed by atoms with van der Waals surface area (Å²) in [5.74, 6) is 1.43. The lowest BCUT2D eigenvalue weighted by atomic mass is 10.1. The van der Waals surface area contributed by atoms with Crippen LogP contribution < -0.4 is 4.74 Å². The number of azo groups is 1. The van der Waals surface area contributed by atoms with Gasteiger partial charge in [-0.15, -0.1) is 10.2 Å². The molecule has 2 aromatic heterocycles. The largest absolute Gasteiger partial charge is 0.497 e. The molecule has 0 spiro atoms. The van der Waals surface area contributed by atoms with E-state index in [-0.39, 0.29) is 0 Å². The predicted octanol–water partition coefficient (Wildman–Crippen LogP) is 6.42. The number of fused-ring (bicyclic) bond motifs is 1. The quantitative estimate of drug-likeness (QED) is 0.350. The lowest BCUT2D eigenvalue weighted by molar-refractivity contribution is 0.415. The molecule has 0 fully saturated rings. The normalized spacial score (nSPS) is 11.4. The minimum atomic E-state index is 0.647. The van der Waals surface area contributed by atoms with Gasteiger partial charge in [0.05, 0.1) is 18.5 Å². The van der Waals surface area contributed by atoms with Gasteiger partial charge in [0, 0.05) is 11.6 Å². The first kappa shape index (κ1) is 17.9. The summed E-state index contributed by atoms with van der Waals surface area (Å²) in [4.78, 5) is 4.83. The number of aromatic amines is 1. The van der Waals surface area contributed by atoms with Crippen molar-refractivity contribution in [2.24, 2.45) is 10.2 Å². The Morgan fingerprint density at radius 2 is 1.47 bits per heavy atom. The Balaban J connectivity index is 1.62. The molecule has 0 radical (unpaired) electrons. The Morgan fingerprint density at radius 1 is 0.800 bits per heavy atom. The van der Waals surface area contributed by atoms with Crippen LogP contribution in [0.2, 0.25) is 0 Å². The molecule has 0 aliphatic rings. The van der Waals surface area contributed by atoms with Gasteiger partial charge in [-0.05, 0) is 29.8 Å². The van der Waals surface area contributed by atoms with Crippen LogP contribution in [0.3, 0.4) is 0 Å². The molecule has 0 saturated carbocycles.